The Morgan fingerprint density at radius 3 is 2.56 bits per heavy atom. The van der Waals surface area contributed by atoms with E-state index in [0.29, 0.717) is 27.7 Å². The SMILES string of the molecule is Cc1cccc(NC(=O)c2cc3ccc(=O)n(-c4ccc(Cl)cc4)c3[nH]2)c1. The van der Waals surface area contributed by atoms with Crippen molar-refractivity contribution in [2.75, 3.05) is 5.32 Å². The van der Waals surface area contributed by atoms with Gasteiger partial charge >= 0.3 is 0 Å². The Balaban J connectivity index is 1.76. The lowest BCUT2D eigenvalue weighted by Gasteiger charge is -2.07. The van der Waals surface area contributed by atoms with Crippen molar-refractivity contribution in [2.45, 2.75) is 6.92 Å². The van der Waals surface area contributed by atoms with Gasteiger partial charge < -0.3 is 10.3 Å². The van der Waals surface area contributed by atoms with Gasteiger partial charge in [-0.15, -0.1) is 0 Å². The Labute approximate surface area is 160 Å². The topological polar surface area (TPSA) is 66.9 Å². The summed E-state index contributed by atoms with van der Waals surface area (Å²) < 4.78 is 1.52. The monoisotopic (exact) mass is 377 g/mol. The van der Waals surface area contributed by atoms with Gasteiger partial charge in [0.05, 0.1) is 5.69 Å². The van der Waals surface area contributed by atoms with Crippen molar-refractivity contribution < 1.29 is 4.79 Å². The van der Waals surface area contributed by atoms with Crippen LogP contribution in [0.1, 0.15) is 16.1 Å². The van der Waals surface area contributed by atoms with E-state index in [4.69, 9.17) is 11.6 Å². The Kier molecular flexibility index (Phi) is 4.30. The van der Waals surface area contributed by atoms with Crippen molar-refractivity contribution in [1.29, 1.82) is 0 Å². The molecular weight excluding hydrogens is 362 g/mol. The minimum atomic E-state index is -0.271. The van der Waals surface area contributed by atoms with Crippen LogP contribution in [-0.4, -0.2) is 15.5 Å². The number of nitrogens with one attached hydrogen (secondary N) is 2. The van der Waals surface area contributed by atoms with E-state index in [1.165, 1.54) is 10.6 Å². The third-order valence-corrected chi connectivity index (χ3v) is 4.53. The summed E-state index contributed by atoms with van der Waals surface area (Å²) in [6, 6.07) is 19.4. The smallest absolute Gasteiger partial charge is 0.272 e. The lowest BCUT2D eigenvalue weighted by Crippen LogP contribution is -2.17. The molecule has 0 fully saturated rings. The predicted molar refractivity (Wildman–Crippen MR) is 108 cm³/mol. The molecule has 0 spiro atoms. The fourth-order valence-electron chi connectivity index (χ4n) is 3.01. The number of aromatic amines is 1. The van der Waals surface area contributed by atoms with E-state index in [2.05, 4.69) is 10.3 Å². The molecule has 2 N–H and O–H groups in total. The van der Waals surface area contributed by atoms with E-state index in [1.54, 1.807) is 36.4 Å². The molecule has 4 aromatic rings. The second-order valence-corrected chi connectivity index (χ2v) is 6.73. The maximum Gasteiger partial charge on any atom is 0.272 e. The maximum atomic E-state index is 12.6. The molecule has 0 bridgehead atoms. The lowest BCUT2D eigenvalue weighted by atomic mass is 10.2. The third kappa shape index (κ3) is 3.37. The van der Waals surface area contributed by atoms with Crippen LogP contribution in [0.2, 0.25) is 5.02 Å². The fourth-order valence-corrected chi connectivity index (χ4v) is 3.13. The number of benzene rings is 2. The molecule has 0 aliphatic heterocycles. The van der Waals surface area contributed by atoms with Crippen LogP contribution >= 0.6 is 11.6 Å². The molecule has 0 atom stereocenters. The summed E-state index contributed by atoms with van der Waals surface area (Å²) in [6.07, 6.45) is 0. The molecule has 5 nitrogen and oxygen atoms in total. The van der Waals surface area contributed by atoms with Gasteiger partial charge in [-0.25, -0.2) is 0 Å². The summed E-state index contributed by atoms with van der Waals surface area (Å²) in [5.74, 6) is -0.271. The van der Waals surface area contributed by atoms with Crippen molar-refractivity contribution in [3.63, 3.8) is 0 Å². The lowest BCUT2D eigenvalue weighted by molar-refractivity contribution is 0.102. The average molecular weight is 378 g/mol. The first-order valence-electron chi connectivity index (χ1n) is 8.40. The number of carbonyl (C=O) groups excluding carboxylic acids is 1. The molecule has 27 heavy (non-hydrogen) atoms. The van der Waals surface area contributed by atoms with Gasteiger partial charge in [0, 0.05) is 22.2 Å². The first kappa shape index (κ1) is 17.1. The van der Waals surface area contributed by atoms with Crippen molar-refractivity contribution in [3.8, 4) is 5.69 Å². The highest BCUT2D eigenvalue weighted by atomic mass is 35.5. The van der Waals surface area contributed by atoms with E-state index >= 15 is 0 Å². The summed E-state index contributed by atoms with van der Waals surface area (Å²) in [7, 11) is 0. The summed E-state index contributed by atoms with van der Waals surface area (Å²) in [5.41, 5.74) is 3.17. The molecule has 6 heteroatoms. The number of carbonyl (C=O) groups is 1. The zero-order chi connectivity index (χ0) is 19.0. The number of hydrogen-bond donors (Lipinski definition) is 2. The van der Waals surface area contributed by atoms with Crippen molar-refractivity contribution >= 4 is 34.2 Å². The van der Waals surface area contributed by atoms with Crippen molar-refractivity contribution in [2.24, 2.45) is 0 Å². The van der Waals surface area contributed by atoms with Crippen LogP contribution in [0, 0.1) is 6.92 Å². The van der Waals surface area contributed by atoms with E-state index in [0.717, 1.165) is 10.9 Å². The van der Waals surface area contributed by atoms with E-state index in [-0.39, 0.29) is 11.5 Å². The molecule has 1 amide bonds. The second-order valence-electron chi connectivity index (χ2n) is 6.29. The van der Waals surface area contributed by atoms with Crippen LogP contribution in [0.4, 0.5) is 5.69 Å². The quantitative estimate of drug-likeness (QED) is 0.550. The number of halogens is 1. The predicted octanol–water partition coefficient (Wildman–Crippen LogP) is 4.53. The molecule has 134 valence electrons. The number of fused-ring (bicyclic) bond motifs is 1. The minimum Gasteiger partial charge on any atom is -0.336 e. The highest BCUT2D eigenvalue weighted by Crippen LogP contribution is 2.20. The minimum absolute atomic E-state index is 0.197. The molecule has 0 saturated carbocycles. The normalized spacial score (nSPS) is 10.9. The van der Waals surface area contributed by atoms with Crippen molar-refractivity contribution in [1.82, 2.24) is 9.55 Å². The van der Waals surface area contributed by atoms with E-state index in [9.17, 15) is 9.59 Å². The number of aryl methyl sites for hydroxylation is 1. The van der Waals surface area contributed by atoms with Crippen LogP contribution in [0.3, 0.4) is 0 Å². The highest BCUT2D eigenvalue weighted by Gasteiger charge is 2.14. The number of amides is 1. The molecule has 2 aromatic heterocycles. The Morgan fingerprint density at radius 2 is 1.81 bits per heavy atom. The molecular formula is C21H16ClN3O2. The largest absolute Gasteiger partial charge is 0.336 e. The molecule has 4 rings (SSSR count). The van der Waals surface area contributed by atoms with Gasteiger partial charge in [0.25, 0.3) is 11.5 Å². The number of aromatic nitrogens is 2. The average Bonchev–Trinajstić information content (AvgIpc) is 3.07. The number of pyridine rings is 1. The first-order valence-corrected chi connectivity index (χ1v) is 8.78. The van der Waals surface area contributed by atoms with Gasteiger partial charge in [-0.3, -0.25) is 14.2 Å². The summed E-state index contributed by atoms with van der Waals surface area (Å²) in [5, 5.41) is 4.22. The molecule has 0 aliphatic carbocycles. The second kappa shape index (κ2) is 6.78. The van der Waals surface area contributed by atoms with E-state index in [1.807, 2.05) is 31.2 Å². The molecule has 0 aliphatic rings. The van der Waals surface area contributed by atoms with Crippen LogP contribution in [0.25, 0.3) is 16.7 Å². The van der Waals surface area contributed by atoms with Crippen molar-refractivity contribution in [3.05, 3.63) is 93.4 Å². The number of nitrogens with zero attached hydrogens (tertiary/aromatic N) is 1. The van der Waals surface area contributed by atoms with Crippen LogP contribution in [0.15, 0.2) is 71.5 Å². The molecule has 0 unspecified atom stereocenters. The molecule has 0 radical (unpaired) electrons. The molecule has 0 saturated heterocycles. The van der Waals surface area contributed by atoms with Crippen LogP contribution < -0.4 is 10.9 Å². The number of hydrogen-bond acceptors (Lipinski definition) is 2. The number of H-pyrrole nitrogens is 1. The number of anilines is 1. The van der Waals surface area contributed by atoms with Gasteiger partial charge in [0.1, 0.15) is 11.3 Å². The standard InChI is InChI=1S/C21H16ClN3O2/c1-13-3-2-4-16(11-13)23-21(27)18-12-14-5-10-19(26)25(20(14)24-18)17-8-6-15(22)7-9-17/h2-12,24H,1H3,(H,23,27). The first-order chi connectivity index (χ1) is 13.0. The Morgan fingerprint density at radius 1 is 1.04 bits per heavy atom. The fraction of sp³-hybridized carbons (Fsp3) is 0.0476. The zero-order valence-electron chi connectivity index (χ0n) is 14.5. The van der Waals surface area contributed by atoms with Gasteiger partial charge in [-0.05, 0) is 61.0 Å². The molecule has 2 aromatic carbocycles. The summed E-state index contributed by atoms with van der Waals surface area (Å²) in [4.78, 5) is 28.1. The Bertz CT molecular complexity index is 1210. The van der Waals surface area contributed by atoms with Gasteiger partial charge in [0.15, 0.2) is 0 Å². The van der Waals surface area contributed by atoms with Crippen LogP contribution in [0.5, 0.6) is 0 Å². The van der Waals surface area contributed by atoms with Gasteiger partial charge in [-0.2, -0.15) is 0 Å². The van der Waals surface area contributed by atoms with Gasteiger partial charge in [-0.1, -0.05) is 23.7 Å². The summed E-state index contributed by atoms with van der Waals surface area (Å²) in [6.45, 7) is 1.96. The molecule has 2 heterocycles. The zero-order valence-corrected chi connectivity index (χ0v) is 15.2. The van der Waals surface area contributed by atoms with Gasteiger partial charge in [0.2, 0.25) is 0 Å². The van der Waals surface area contributed by atoms with E-state index < -0.39 is 0 Å². The highest BCUT2D eigenvalue weighted by molar-refractivity contribution is 6.30. The van der Waals surface area contributed by atoms with Crippen LogP contribution in [-0.2, 0) is 0 Å². The third-order valence-electron chi connectivity index (χ3n) is 4.28. The maximum absolute atomic E-state index is 12.6. The Hall–Kier alpha value is -3.31. The summed E-state index contributed by atoms with van der Waals surface area (Å²) >= 11 is 5.94. The number of rotatable bonds is 3.